The van der Waals surface area contributed by atoms with E-state index < -0.39 is 10.1 Å². The van der Waals surface area contributed by atoms with Gasteiger partial charge in [-0.25, -0.2) is 0 Å². The van der Waals surface area contributed by atoms with Crippen LogP contribution >= 0.6 is 0 Å². The molecule has 0 saturated heterocycles. The Labute approximate surface area is 157 Å². The van der Waals surface area contributed by atoms with Gasteiger partial charge in [-0.15, -0.1) is 0 Å². The second-order valence-electron chi connectivity index (χ2n) is 5.89. The molecule has 2 aromatic carbocycles. The summed E-state index contributed by atoms with van der Waals surface area (Å²) in [5.74, 6) is -0.161. The Balaban J connectivity index is 1.74. The molecule has 0 aliphatic carbocycles. The maximum absolute atomic E-state index is 12.5. The van der Waals surface area contributed by atoms with Crippen molar-refractivity contribution in [2.75, 3.05) is 0 Å². The molecule has 0 aliphatic rings. The lowest BCUT2D eigenvalue weighted by atomic mass is 10.2. The summed E-state index contributed by atoms with van der Waals surface area (Å²) in [5, 5.41) is 6.41. The molecule has 0 radical (unpaired) electrons. The molecule has 7 nitrogen and oxygen atoms in total. The van der Waals surface area contributed by atoms with Gasteiger partial charge in [0.15, 0.2) is 10.7 Å². The Kier molecular flexibility index (Phi) is 5.27. The first-order chi connectivity index (χ1) is 12.9. The zero-order valence-electron chi connectivity index (χ0n) is 14.8. The van der Waals surface area contributed by atoms with E-state index in [1.165, 1.54) is 26.0 Å². The molecule has 0 fully saturated rings. The van der Waals surface area contributed by atoms with Gasteiger partial charge in [-0.2, -0.15) is 8.42 Å². The number of aromatic nitrogens is 1. The summed E-state index contributed by atoms with van der Waals surface area (Å²) in [6.07, 6.45) is 0. The van der Waals surface area contributed by atoms with Crippen LogP contribution in [0.15, 0.2) is 64.0 Å². The van der Waals surface area contributed by atoms with Crippen molar-refractivity contribution in [2.45, 2.75) is 25.3 Å². The third-order valence-electron chi connectivity index (χ3n) is 3.82. The summed E-state index contributed by atoms with van der Waals surface area (Å²) in [7, 11) is -4.12. The van der Waals surface area contributed by atoms with Gasteiger partial charge in [0.1, 0.15) is 11.4 Å². The molecule has 27 heavy (non-hydrogen) atoms. The highest BCUT2D eigenvalue weighted by molar-refractivity contribution is 7.87. The highest BCUT2D eigenvalue weighted by Gasteiger charge is 2.26. The molecule has 1 N–H and O–H groups in total. The molecule has 0 atom stereocenters. The van der Waals surface area contributed by atoms with Gasteiger partial charge >= 0.3 is 10.1 Å². The van der Waals surface area contributed by atoms with Crippen LogP contribution in [0.2, 0.25) is 0 Å². The fraction of sp³-hybridized carbons (Fsp3) is 0.158. The van der Waals surface area contributed by atoms with E-state index in [-0.39, 0.29) is 33.6 Å². The van der Waals surface area contributed by atoms with Crippen LogP contribution in [0, 0.1) is 13.8 Å². The lowest BCUT2D eigenvalue weighted by molar-refractivity contribution is 0.0950. The van der Waals surface area contributed by atoms with E-state index in [1.54, 1.807) is 12.1 Å². The maximum Gasteiger partial charge on any atom is 0.344 e. The average molecular weight is 386 g/mol. The molecular formula is C19H18N2O5S. The molecule has 1 amide bonds. The number of hydrogen-bond acceptors (Lipinski definition) is 6. The Morgan fingerprint density at radius 3 is 2.52 bits per heavy atom. The quantitative estimate of drug-likeness (QED) is 0.654. The van der Waals surface area contributed by atoms with Crippen molar-refractivity contribution in [3.8, 4) is 5.75 Å². The number of carbonyl (C=O) groups excluding carboxylic acids is 1. The van der Waals surface area contributed by atoms with E-state index in [0.717, 1.165) is 5.56 Å². The summed E-state index contributed by atoms with van der Waals surface area (Å²) in [6.45, 7) is 3.37. The number of nitrogens with zero attached hydrogens (tertiary/aromatic N) is 1. The van der Waals surface area contributed by atoms with Gasteiger partial charge in [0.2, 0.25) is 0 Å². The number of amides is 1. The molecule has 0 aliphatic heterocycles. The normalized spacial score (nSPS) is 11.2. The van der Waals surface area contributed by atoms with Crippen molar-refractivity contribution in [3.05, 3.63) is 77.2 Å². The van der Waals surface area contributed by atoms with E-state index in [4.69, 9.17) is 8.71 Å². The lowest BCUT2D eigenvalue weighted by Gasteiger charge is -2.09. The number of rotatable bonds is 6. The van der Waals surface area contributed by atoms with Crippen LogP contribution in [0.25, 0.3) is 0 Å². The third-order valence-corrected chi connectivity index (χ3v) is 5.31. The van der Waals surface area contributed by atoms with E-state index in [9.17, 15) is 13.2 Å². The van der Waals surface area contributed by atoms with Crippen LogP contribution in [0.1, 0.15) is 27.4 Å². The third kappa shape index (κ3) is 4.35. The monoisotopic (exact) mass is 386 g/mol. The molecule has 3 rings (SSSR count). The minimum Gasteiger partial charge on any atom is -0.379 e. The van der Waals surface area contributed by atoms with Crippen LogP contribution in [-0.4, -0.2) is 19.5 Å². The minimum atomic E-state index is -4.12. The van der Waals surface area contributed by atoms with Crippen molar-refractivity contribution in [3.63, 3.8) is 0 Å². The zero-order chi connectivity index (χ0) is 19.4. The molecule has 3 aromatic rings. The van der Waals surface area contributed by atoms with Gasteiger partial charge in [0, 0.05) is 12.1 Å². The van der Waals surface area contributed by atoms with E-state index in [2.05, 4.69) is 10.5 Å². The number of benzene rings is 2. The standard InChI is InChI=1S/C19H18N2O5S/c1-13-18(14(2)25-21-13)27(23,24)26-17-10-6-9-16(11-17)19(22)20-12-15-7-4-3-5-8-15/h3-11H,12H2,1-2H3,(H,20,22). The molecule has 0 unspecified atom stereocenters. The Hall–Kier alpha value is -3.13. The van der Waals surface area contributed by atoms with Gasteiger partial charge in [0.05, 0.1) is 0 Å². The smallest absolute Gasteiger partial charge is 0.344 e. The van der Waals surface area contributed by atoms with Gasteiger partial charge in [-0.3, -0.25) is 4.79 Å². The molecule has 140 valence electrons. The molecular weight excluding hydrogens is 368 g/mol. The number of hydrogen-bond donors (Lipinski definition) is 1. The topological polar surface area (TPSA) is 98.5 Å². The highest BCUT2D eigenvalue weighted by Crippen LogP contribution is 2.24. The SMILES string of the molecule is Cc1noc(C)c1S(=O)(=O)Oc1cccc(C(=O)NCc2ccccc2)c1. The van der Waals surface area contributed by atoms with Crippen LogP contribution in [0.3, 0.4) is 0 Å². The summed E-state index contributed by atoms with van der Waals surface area (Å²) in [4.78, 5) is 12.2. The molecule has 1 aromatic heterocycles. The Morgan fingerprint density at radius 1 is 1.11 bits per heavy atom. The van der Waals surface area contributed by atoms with E-state index >= 15 is 0 Å². The molecule has 8 heteroatoms. The maximum atomic E-state index is 12.5. The lowest BCUT2D eigenvalue weighted by Crippen LogP contribution is -2.22. The van der Waals surface area contributed by atoms with Crippen LogP contribution < -0.4 is 9.50 Å². The predicted octanol–water partition coefficient (Wildman–Crippen LogP) is 2.99. The Bertz CT molecular complexity index is 1040. The first kappa shape index (κ1) is 18.7. The van der Waals surface area contributed by atoms with Gasteiger partial charge in [-0.1, -0.05) is 41.6 Å². The number of nitrogens with one attached hydrogen (secondary N) is 1. The van der Waals surface area contributed by atoms with E-state index in [0.29, 0.717) is 6.54 Å². The number of carbonyl (C=O) groups is 1. The highest BCUT2D eigenvalue weighted by atomic mass is 32.2. The zero-order valence-corrected chi connectivity index (χ0v) is 15.6. The van der Waals surface area contributed by atoms with Gasteiger partial charge in [-0.05, 0) is 37.6 Å². The fourth-order valence-corrected chi connectivity index (χ4v) is 3.80. The van der Waals surface area contributed by atoms with E-state index in [1.807, 2.05) is 30.3 Å². The van der Waals surface area contributed by atoms with Gasteiger partial charge in [0.25, 0.3) is 5.91 Å². The average Bonchev–Trinajstić information content (AvgIpc) is 2.99. The summed E-state index contributed by atoms with van der Waals surface area (Å²) in [6, 6.07) is 15.4. The second-order valence-corrected chi connectivity index (χ2v) is 7.37. The molecule has 0 spiro atoms. The largest absolute Gasteiger partial charge is 0.379 e. The van der Waals surface area contributed by atoms with Crippen LogP contribution in [-0.2, 0) is 16.7 Å². The first-order valence-electron chi connectivity index (χ1n) is 8.16. The van der Waals surface area contributed by atoms with Crippen molar-refractivity contribution >= 4 is 16.0 Å². The molecule has 0 bridgehead atoms. The minimum absolute atomic E-state index is 0.0300. The molecule has 1 heterocycles. The second kappa shape index (κ2) is 7.63. The van der Waals surface area contributed by atoms with Crippen molar-refractivity contribution in [2.24, 2.45) is 0 Å². The predicted molar refractivity (Wildman–Crippen MR) is 97.8 cm³/mol. The first-order valence-corrected chi connectivity index (χ1v) is 9.57. The van der Waals surface area contributed by atoms with Crippen molar-refractivity contribution in [1.29, 1.82) is 0 Å². The van der Waals surface area contributed by atoms with Crippen molar-refractivity contribution in [1.82, 2.24) is 10.5 Å². The fourth-order valence-electron chi connectivity index (χ4n) is 2.57. The molecule has 0 saturated carbocycles. The number of aryl methyl sites for hydroxylation is 2. The van der Waals surface area contributed by atoms with Crippen LogP contribution in [0.5, 0.6) is 5.75 Å². The Morgan fingerprint density at radius 2 is 1.85 bits per heavy atom. The summed E-state index contributed by atoms with van der Waals surface area (Å²) in [5.41, 5.74) is 1.46. The summed E-state index contributed by atoms with van der Waals surface area (Å²) >= 11 is 0. The summed E-state index contributed by atoms with van der Waals surface area (Å²) < 4.78 is 35.0. The van der Waals surface area contributed by atoms with Crippen molar-refractivity contribution < 1.29 is 21.9 Å². The van der Waals surface area contributed by atoms with Gasteiger partial charge < -0.3 is 14.0 Å². The van der Waals surface area contributed by atoms with Crippen LogP contribution in [0.4, 0.5) is 0 Å².